The van der Waals surface area contributed by atoms with Gasteiger partial charge in [-0.2, -0.15) is 9.57 Å². The van der Waals surface area contributed by atoms with E-state index in [1.165, 1.54) is 28.8 Å². The molecule has 0 aliphatic carbocycles. The number of nitriles is 1. The number of aromatic nitrogens is 1. The van der Waals surface area contributed by atoms with Crippen LogP contribution in [-0.2, 0) is 16.6 Å². The Labute approximate surface area is 122 Å². The zero-order valence-electron chi connectivity index (χ0n) is 11.1. The van der Waals surface area contributed by atoms with E-state index >= 15 is 0 Å². The lowest BCUT2D eigenvalue weighted by Crippen LogP contribution is -2.27. The molecule has 2 rings (SSSR count). The molecule has 0 radical (unpaired) electrons. The molecule has 5 nitrogen and oxygen atoms in total. The normalized spacial score (nSPS) is 11.5. The van der Waals surface area contributed by atoms with Crippen LogP contribution in [-0.4, -0.2) is 24.8 Å². The third kappa shape index (κ3) is 2.88. The van der Waals surface area contributed by atoms with Crippen LogP contribution < -0.4 is 0 Å². The van der Waals surface area contributed by atoms with Gasteiger partial charge in [-0.15, -0.1) is 11.3 Å². The molecule has 0 aliphatic rings. The van der Waals surface area contributed by atoms with Crippen molar-refractivity contribution in [3.63, 3.8) is 0 Å². The second-order valence-electron chi connectivity index (χ2n) is 4.33. The van der Waals surface area contributed by atoms with E-state index < -0.39 is 10.0 Å². The Morgan fingerprint density at radius 3 is 2.80 bits per heavy atom. The molecular formula is C13H13N3O2S2. The first-order chi connectivity index (χ1) is 9.45. The molecule has 0 amide bonds. The standard InChI is InChI=1S/C13H13N3O2S2/c1-10-3-4-11(6-14)5-13(10)20(17,18)16(2)7-12-8-19-9-15-12/h3-5,8-9H,7H2,1-2H3. The SMILES string of the molecule is Cc1ccc(C#N)cc1S(=O)(=O)N(C)Cc1cscn1. The second kappa shape index (κ2) is 5.71. The van der Waals surface area contributed by atoms with Crippen LogP contribution in [0, 0.1) is 18.3 Å². The van der Waals surface area contributed by atoms with E-state index in [9.17, 15) is 8.42 Å². The van der Waals surface area contributed by atoms with Crippen LogP contribution in [0.4, 0.5) is 0 Å². The molecule has 1 aromatic heterocycles. The molecule has 0 bridgehead atoms. The number of hydrogen-bond acceptors (Lipinski definition) is 5. The first-order valence-electron chi connectivity index (χ1n) is 5.79. The van der Waals surface area contributed by atoms with E-state index in [-0.39, 0.29) is 11.4 Å². The molecule has 20 heavy (non-hydrogen) atoms. The number of nitrogens with zero attached hydrogens (tertiary/aromatic N) is 3. The van der Waals surface area contributed by atoms with Crippen LogP contribution in [0.15, 0.2) is 34.0 Å². The summed E-state index contributed by atoms with van der Waals surface area (Å²) in [5.41, 5.74) is 3.32. The van der Waals surface area contributed by atoms with Crippen molar-refractivity contribution in [2.45, 2.75) is 18.4 Å². The third-order valence-corrected chi connectivity index (χ3v) is 5.45. The van der Waals surface area contributed by atoms with Crippen molar-refractivity contribution in [3.05, 3.63) is 45.9 Å². The molecule has 7 heteroatoms. The number of hydrogen-bond donors (Lipinski definition) is 0. The van der Waals surface area contributed by atoms with Gasteiger partial charge in [-0.3, -0.25) is 0 Å². The molecule has 0 spiro atoms. The zero-order valence-corrected chi connectivity index (χ0v) is 12.7. The Morgan fingerprint density at radius 1 is 1.45 bits per heavy atom. The molecule has 0 saturated carbocycles. The topological polar surface area (TPSA) is 74.1 Å². The predicted molar refractivity (Wildman–Crippen MR) is 76.7 cm³/mol. The molecule has 0 aliphatic heterocycles. The third-order valence-electron chi connectivity index (χ3n) is 2.87. The van der Waals surface area contributed by atoms with Gasteiger partial charge in [-0.25, -0.2) is 13.4 Å². The van der Waals surface area contributed by atoms with Gasteiger partial charge in [0.1, 0.15) is 0 Å². The molecule has 0 saturated heterocycles. The summed E-state index contributed by atoms with van der Waals surface area (Å²) in [5, 5.41) is 10.7. The second-order valence-corrected chi connectivity index (χ2v) is 7.06. The van der Waals surface area contributed by atoms with E-state index in [1.54, 1.807) is 24.6 Å². The number of aryl methyl sites for hydroxylation is 1. The van der Waals surface area contributed by atoms with Crippen LogP contribution in [0.1, 0.15) is 16.8 Å². The fourth-order valence-corrected chi connectivity index (χ4v) is 3.68. The summed E-state index contributed by atoms with van der Waals surface area (Å²) in [7, 11) is -2.12. The van der Waals surface area contributed by atoms with Crippen LogP contribution >= 0.6 is 11.3 Å². The molecule has 0 unspecified atom stereocenters. The van der Waals surface area contributed by atoms with E-state index in [1.807, 2.05) is 11.4 Å². The summed E-state index contributed by atoms with van der Waals surface area (Å²) < 4.78 is 26.3. The number of benzene rings is 1. The summed E-state index contributed by atoms with van der Waals surface area (Å²) >= 11 is 1.42. The minimum Gasteiger partial charge on any atom is -0.248 e. The van der Waals surface area contributed by atoms with Gasteiger partial charge in [0.05, 0.1) is 34.3 Å². The van der Waals surface area contributed by atoms with Gasteiger partial charge >= 0.3 is 0 Å². The first-order valence-corrected chi connectivity index (χ1v) is 8.17. The van der Waals surface area contributed by atoms with E-state index in [0.29, 0.717) is 16.8 Å². The van der Waals surface area contributed by atoms with Crippen molar-refractivity contribution >= 4 is 21.4 Å². The Hall–Kier alpha value is -1.75. The maximum absolute atomic E-state index is 12.5. The Balaban J connectivity index is 2.37. The van der Waals surface area contributed by atoms with Crippen LogP contribution in [0.3, 0.4) is 0 Å². The lowest BCUT2D eigenvalue weighted by Gasteiger charge is -2.17. The molecule has 1 aromatic carbocycles. The van der Waals surface area contributed by atoms with E-state index in [4.69, 9.17) is 5.26 Å². The van der Waals surface area contributed by atoms with Gasteiger partial charge in [0.25, 0.3) is 0 Å². The molecule has 0 atom stereocenters. The fourth-order valence-electron chi connectivity index (χ4n) is 1.74. The van der Waals surface area contributed by atoms with Crippen molar-refractivity contribution in [1.82, 2.24) is 9.29 Å². The highest BCUT2D eigenvalue weighted by atomic mass is 32.2. The summed E-state index contributed by atoms with van der Waals surface area (Å²) in [6.45, 7) is 1.92. The van der Waals surface area contributed by atoms with Gasteiger partial charge in [0, 0.05) is 12.4 Å². The predicted octanol–water partition coefficient (Wildman–Crippen LogP) is 2.14. The van der Waals surface area contributed by atoms with Gasteiger partial charge in [0.2, 0.25) is 10.0 Å². The first kappa shape index (κ1) is 14.7. The monoisotopic (exact) mass is 307 g/mol. The molecule has 1 heterocycles. The van der Waals surface area contributed by atoms with E-state index in [2.05, 4.69) is 4.98 Å². The maximum Gasteiger partial charge on any atom is 0.243 e. The molecule has 0 fully saturated rings. The minimum atomic E-state index is -3.63. The zero-order chi connectivity index (χ0) is 14.8. The lowest BCUT2D eigenvalue weighted by molar-refractivity contribution is 0.462. The lowest BCUT2D eigenvalue weighted by atomic mass is 10.2. The van der Waals surface area contributed by atoms with Crippen molar-refractivity contribution in [3.8, 4) is 6.07 Å². The highest BCUT2D eigenvalue weighted by Gasteiger charge is 2.23. The summed E-state index contributed by atoms with van der Waals surface area (Å²) in [4.78, 5) is 4.24. The average molecular weight is 307 g/mol. The average Bonchev–Trinajstić information content (AvgIpc) is 2.92. The highest BCUT2D eigenvalue weighted by Crippen LogP contribution is 2.21. The number of rotatable bonds is 4. The maximum atomic E-state index is 12.5. The number of thiazole rings is 1. The summed E-state index contributed by atoms with van der Waals surface area (Å²) in [6.07, 6.45) is 0. The van der Waals surface area contributed by atoms with E-state index in [0.717, 1.165) is 0 Å². The van der Waals surface area contributed by atoms with Crippen molar-refractivity contribution in [1.29, 1.82) is 5.26 Å². The Kier molecular flexibility index (Phi) is 4.18. The number of sulfonamides is 1. The van der Waals surface area contributed by atoms with Gasteiger partial charge in [0.15, 0.2) is 0 Å². The largest absolute Gasteiger partial charge is 0.248 e. The van der Waals surface area contributed by atoms with Gasteiger partial charge in [-0.05, 0) is 24.6 Å². The van der Waals surface area contributed by atoms with Crippen molar-refractivity contribution in [2.75, 3.05) is 7.05 Å². The van der Waals surface area contributed by atoms with Gasteiger partial charge < -0.3 is 0 Å². The van der Waals surface area contributed by atoms with Crippen LogP contribution in [0.25, 0.3) is 0 Å². The van der Waals surface area contributed by atoms with Crippen LogP contribution in [0.5, 0.6) is 0 Å². The fraction of sp³-hybridized carbons (Fsp3) is 0.231. The quantitative estimate of drug-likeness (QED) is 0.867. The highest BCUT2D eigenvalue weighted by molar-refractivity contribution is 7.89. The molecule has 104 valence electrons. The molecular weight excluding hydrogens is 294 g/mol. The van der Waals surface area contributed by atoms with Gasteiger partial charge in [-0.1, -0.05) is 6.07 Å². The summed E-state index contributed by atoms with van der Waals surface area (Å²) in [6, 6.07) is 6.61. The van der Waals surface area contributed by atoms with Crippen molar-refractivity contribution in [2.24, 2.45) is 0 Å². The summed E-state index contributed by atoms with van der Waals surface area (Å²) in [5.74, 6) is 0. The molecule has 2 aromatic rings. The Bertz CT molecular complexity index is 746. The smallest absolute Gasteiger partial charge is 0.243 e. The Morgan fingerprint density at radius 2 is 2.20 bits per heavy atom. The van der Waals surface area contributed by atoms with Crippen molar-refractivity contribution < 1.29 is 8.42 Å². The minimum absolute atomic E-state index is 0.161. The van der Waals surface area contributed by atoms with Crippen LogP contribution in [0.2, 0.25) is 0 Å². The molecule has 0 N–H and O–H groups in total.